The molecule has 0 radical (unpaired) electrons. The fourth-order valence-corrected chi connectivity index (χ4v) is 4.42. The number of nitrogens with zero attached hydrogens (tertiary/aromatic N) is 5. The normalized spacial score (nSPS) is 17.6. The quantitative estimate of drug-likeness (QED) is 0.546. The van der Waals surface area contributed by atoms with E-state index in [4.69, 9.17) is 5.10 Å². The van der Waals surface area contributed by atoms with Crippen LogP contribution in [0.4, 0.5) is 0 Å². The summed E-state index contributed by atoms with van der Waals surface area (Å²) in [6.45, 7) is 5.42. The molecule has 0 fully saturated rings. The molecule has 3 heterocycles. The van der Waals surface area contributed by atoms with Crippen molar-refractivity contribution in [3.05, 3.63) is 90.3 Å². The molecule has 1 N–H and O–H groups in total. The van der Waals surface area contributed by atoms with Crippen molar-refractivity contribution in [2.75, 3.05) is 0 Å². The molecule has 4 aromatic rings. The van der Waals surface area contributed by atoms with Crippen molar-refractivity contribution in [3.63, 3.8) is 0 Å². The first kappa shape index (κ1) is 18.8. The largest absolute Gasteiger partial charge is 0.304 e. The van der Waals surface area contributed by atoms with Gasteiger partial charge in [-0.05, 0) is 48.6 Å². The average Bonchev–Trinajstić information content (AvgIpc) is 3.39. The molecular formula is C24H26N6. The topological polar surface area (TPSA) is 60.6 Å². The number of hydrogen-bond acceptors (Lipinski definition) is 4. The van der Waals surface area contributed by atoms with Crippen molar-refractivity contribution < 1.29 is 0 Å². The molecular weight excluding hydrogens is 372 g/mol. The number of benzene rings is 1. The van der Waals surface area contributed by atoms with E-state index in [2.05, 4.69) is 64.1 Å². The average molecular weight is 399 g/mol. The van der Waals surface area contributed by atoms with Gasteiger partial charge >= 0.3 is 0 Å². The van der Waals surface area contributed by atoms with Crippen LogP contribution in [0.2, 0.25) is 0 Å². The Labute approximate surface area is 176 Å². The Morgan fingerprint density at radius 2 is 1.83 bits per heavy atom. The molecule has 0 spiro atoms. The maximum absolute atomic E-state index is 4.75. The summed E-state index contributed by atoms with van der Waals surface area (Å²) in [5.41, 5.74) is 5.05. The first-order chi connectivity index (χ1) is 14.6. The van der Waals surface area contributed by atoms with E-state index in [1.165, 1.54) is 11.3 Å². The lowest BCUT2D eigenvalue weighted by molar-refractivity contribution is 0.252. The smallest absolute Gasteiger partial charge is 0.233 e. The summed E-state index contributed by atoms with van der Waals surface area (Å²) >= 11 is 0. The summed E-state index contributed by atoms with van der Waals surface area (Å²) in [6, 6.07) is 16.6. The third kappa shape index (κ3) is 3.55. The van der Waals surface area contributed by atoms with Gasteiger partial charge in [0.15, 0.2) is 0 Å². The van der Waals surface area contributed by atoms with Crippen molar-refractivity contribution in [1.82, 2.24) is 29.6 Å². The van der Waals surface area contributed by atoms with Crippen molar-refractivity contribution in [2.24, 2.45) is 5.41 Å². The Kier molecular flexibility index (Phi) is 4.71. The van der Waals surface area contributed by atoms with Gasteiger partial charge in [-0.25, -0.2) is 14.6 Å². The number of fused-ring (bicyclic) bond motifs is 1. The molecule has 0 amide bonds. The number of para-hydroxylation sites is 1. The third-order valence-electron chi connectivity index (χ3n) is 5.81. The maximum atomic E-state index is 4.75. The summed E-state index contributed by atoms with van der Waals surface area (Å²) < 4.78 is 4.14. The second-order valence-electron chi connectivity index (χ2n) is 8.69. The van der Waals surface area contributed by atoms with Crippen LogP contribution in [0.3, 0.4) is 0 Å². The number of aromatic nitrogens is 5. The van der Waals surface area contributed by atoms with Crippen LogP contribution in [-0.2, 0) is 13.0 Å². The molecule has 1 aromatic carbocycles. The van der Waals surface area contributed by atoms with Gasteiger partial charge in [-0.15, -0.1) is 0 Å². The molecule has 0 aliphatic heterocycles. The predicted molar refractivity (Wildman–Crippen MR) is 117 cm³/mol. The molecule has 6 nitrogen and oxygen atoms in total. The predicted octanol–water partition coefficient (Wildman–Crippen LogP) is 4.26. The van der Waals surface area contributed by atoms with Crippen LogP contribution in [0, 0.1) is 5.41 Å². The van der Waals surface area contributed by atoms with Crippen LogP contribution < -0.4 is 5.32 Å². The van der Waals surface area contributed by atoms with Crippen LogP contribution in [0.25, 0.3) is 11.6 Å². The Balaban J connectivity index is 1.42. The van der Waals surface area contributed by atoms with Crippen molar-refractivity contribution >= 4 is 0 Å². The summed E-state index contributed by atoms with van der Waals surface area (Å²) in [5, 5.41) is 8.53. The van der Waals surface area contributed by atoms with E-state index in [9.17, 15) is 0 Å². The minimum absolute atomic E-state index is 0.196. The van der Waals surface area contributed by atoms with Crippen LogP contribution in [0.15, 0.2) is 73.3 Å². The van der Waals surface area contributed by atoms with Gasteiger partial charge in [0.05, 0.1) is 11.9 Å². The van der Waals surface area contributed by atoms with Gasteiger partial charge in [0.25, 0.3) is 0 Å². The zero-order valence-electron chi connectivity index (χ0n) is 17.4. The molecule has 3 aromatic heterocycles. The van der Waals surface area contributed by atoms with E-state index in [0.29, 0.717) is 5.95 Å². The SMILES string of the molecule is CC1(C)Cc2c(cnn2-c2ccccc2)[C@H](NCc2cccn2-c2ncccn2)C1. The molecule has 152 valence electrons. The van der Waals surface area contributed by atoms with E-state index >= 15 is 0 Å². The molecule has 0 unspecified atom stereocenters. The summed E-state index contributed by atoms with van der Waals surface area (Å²) in [7, 11) is 0. The van der Waals surface area contributed by atoms with Crippen LogP contribution >= 0.6 is 0 Å². The Bertz CT molecular complexity index is 1130. The van der Waals surface area contributed by atoms with E-state index in [1.807, 2.05) is 35.2 Å². The molecule has 0 saturated heterocycles. The zero-order chi connectivity index (χ0) is 20.6. The van der Waals surface area contributed by atoms with E-state index in [1.54, 1.807) is 12.4 Å². The van der Waals surface area contributed by atoms with E-state index in [-0.39, 0.29) is 11.5 Å². The Hall–Kier alpha value is -3.25. The lowest BCUT2D eigenvalue weighted by Gasteiger charge is -2.36. The summed E-state index contributed by atoms with van der Waals surface area (Å²) in [5.74, 6) is 0.695. The number of nitrogens with one attached hydrogen (secondary N) is 1. The number of rotatable bonds is 5. The minimum atomic E-state index is 0.196. The fraction of sp³-hybridized carbons (Fsp3) is 0.292. The van der Waals surface area contributed by atoms with Crippen molar-refractivity contribution in [1.29, 1.82) is 0 Å². The molecule has 30 heavy (non-hydrogen) atoms. The van der Waals surface area contributed by atoms with Crippen molar-refractivity contribution in [2.45, 2.75) is 39.3 Å². The van der Waals surface area contributed by atoms with Gasteiger partial charge < -0.3 is 5.32 Å². The van der Waals surface area contributed by atoms with Gasteiger partial charge in [0.2, 0.25) is 5.95 Å². The molecule has 6 heteroatoms. The van der Waals surface area contributed by atoms with Crippen molar-refractivity contribution in [3.8, 4) is 11.6 Å². The monoisotopic (exact) mass is 398 g/mol. The van der Waals surface area contributed by atoms with Crippen LogP contribution in [0.5, 0.6) is 0 Å². The van der Waals surface area contributed by atoms with E-state index < -0.39 is 0 Å². The highest BCUT2D eigenvalue weighted by molar-refractivity contribution is 5.38. The minimum Gasteiger partial charge on any atom is -0.304 e. The lowest BCUT2D eigenvalue weighted by Crippen LogP contribution is -2.34. The Morgan fingerprint density at radius 3 is 2.63 bits per heavy atom. The molecule has 1 atom stereocenters. The molecule has 0 bridgehead atoms. The highest BCUT2D eigenvalue weighted by Gasteiger charge is 2.35. The van der Waals surface area contributed by atoms with Gasteiger partial charge in [-0.2, -0.15) is 5.10 Å². The van der Waals surface area contributed by atoms with E-state index in [0.717, 1.165) is 30.8 Å². The second kappa shape index (κ2) is 7.54. The van der Waals surface area contributed by atoms with Gasteiger partial charge in [-0.3, -0.25) is 4.57 Å². The van der Waals surface area contributed by atoms with Gasteiger partial charge in [0.1, 0.15) is 0 Å². The lowest BCUT2D eigenvalue weighted by atomic mass is 9.74. The maximum Gasteiger partial charge on any atom is 0.233 e. The second-order valence-corrected chi connectivity index (χ2v) is 8.69. The van der Waals surface area contributed by atoms with Gasteiger partial charge in [0, 0.05) is 48.1 Å². The Morgan fingerprint density at radius 1 is 1.03 bits per heavy atom. The van der Waals surface area contributed by atoms with Crippen LogP contribution in [0.1, 0.15) is 43.3 Å². The molecule has 5 rings (SSSR count). The highest BCUT2D eigenvalue weighted by Crippen LogP contribution is 2.41. The molecule has 0 saturated carbocycles. The summed E-state index contributed by atoms with van der Waals surface area (Å²) in [6.07, 6.45) is 9.68. The first-order valence-electron chi connectivity index (χ1n) is 10.4. The zero-order valence-corrected chi connectivity index (χ0v) is 17.4. The van der Waals surface area contributed by atoms with Crippen LogP contribution in [-0.4, -0.2) is 24.3 Å². The molecule has 1 aliphatic carbocycles. The highest BCUT2D eigenvalue weighted by atomic mass is 15.3. The molecule has 1 aliphatic rings. The standard InChI is InChI=1S/C24H26N6/c1-24(2)14-21(20-17-28-30(22(20)15-24)18-8-4-3-5-9-18)27-16-19-10-6-13-29(19)23-25-11-7-12-26-23/h3-13,17,21,27H,14-16H2,1-2H3/t21-/m1/s1. The first-order valence-corrected chi connectivity index (χ1v) is 10.4. The third-order valence-corrected chi connectivity index (χ3v) is 5.81. The summed E-state index contributed by atoms with van der Waals surface area (Å²) in [4.78, 5) is 8.77. The fourth-order valence-electron chi connectivity index (χ4n) is 4.42. The van der Waals surface area contributed by atoms with Gasteiger partial charge in [-0.1, -0.05) is 32.0 Å². The number of hydrogen-bond donors (Lipinski definition) is 1.